The maximum Gasteiger partial charge on any atom is 0.237 e. The quantitative estimate of drug-likeness (QED) is 0.491. The van der Waals surface area contributed by atoms with E-state index in [9.17, 15) is 0 Å². The second kappa shape index (κ2) is 6.41. The lowest BCUT2D eigenvalue weighted by molar-refractivity contribution is 0.289. The van der Waals surface area contributed by atoms with Crippen LogP contribution in [-0.4, -0.2) is 16.2 Å². The molecule has 0 radical (unpaired) electrons. The topological polar surface area (TPSA) is 58.8 Å². The van der Waals surface area contributed by atoms with Crippen LogP contribution in [0.4, 0.5) is 0 Å². The third-order valence-corrected chi connectivity index (χ3v) is 3.15. The van der Waals surface area contributed by atoms with Crippen molar-refractivity contribution < 1.29 is 4.74 Å². The fourth-order valence-corrected chi connectivity index (χ4v) is 2.02. The minimum Gasteiger partial charge on any atom is -0.472 e. The van der Waals surface area contributed by atoms with Crippen LogP contribution >= 0.6 is 23.4 Å². The molecule has 0 saturated carbocycles. The van der Waals surface area contributed by atoms with Gasteiger partial charge in [-0.1, -0.05) is 53.7 Å². The summed E-state index contributed by atoms with van der Waals surface area (Å²) in [5.74, 6) is 0.218. The number of hydrogen-bond donors (Lipinski definition) is 0. The molecule has 0 fully saturated rings. The lowest BCUT2D eigenvalue weighted by Crippen LogP contribution is -2.02. The third kappa shape index (κ3) is 3.37. The van der Waals surface area contributed by atoms with Gasteiger partial charge in [0, 0.05) is 0 Å². The van der Waals surface area contributed by atoms with Crippen LogP contribution in [-0.2, 0) is 6.61 Å². The van der Waals surface area contributed by atoms with E-state index >= 15 is 0 Å². The van der Waals surface area contributed by atoms with E-state index in [0.29, 0.717) is 11.8 Å². The van der Waals surface area contributed by atoms with Crippen LogP contribution in [0, 0.1) is 11.3 Å². The van der Waals surface area contributed by atoms with Gasteiger partial charge in [0.25, 0.3) is 0 Å². The monoisotopic (exact) mass is 291 g/mol. The predicted octanol–water partition coefficient (Wildman–Crippen LogP) is 3.30. The van der Waals surface area contributed by atoms with Crippen molar-refractivity contribution in [2.45, 2.75) is 11.8 Å². The lowest BCUT2D eigenvalue weighted by atomic mass is 10.2. The molecule has 4 nitrogen and oxygen atoms in total. The molecule has 19 heavy (non-hydrogen) atoms. The molecule has 0 aliphatic heterocycles. The number of halogens is 1. The number of aromatic nitrogens is 2. The molecule has 0 aliphatic rings. The Bertz CT molecular complexity index is 613. The van der Waals surface area contributed by atoms with Crippen LogP contribution in [0.25, 0.3) is 0 Å². The molecule has 1 heterocycles. The molecule has 0 spiro atoms. The highest BCUT2D eigenvalue weighted by Crippen LogP contribution is 2.25. The summed E-state index contributed by atoms with van der Waals surface area (Å²) >= 11 is 7.27. The molecule has 0 saturated heterocycles. The van der Waals surface area contributed by atoms with E-state index in [1.165, 1.54) is 11.8 Å². The Morgan fingerprint density at radius 3 is 2.68 bits per heavy atom. The number of ether oxygens (including phenoxy) is 1. The summed E-state index contributed by atoms with van der Waals surface area (Å²) < 4.78 is 5.57. The van der Waals surface area contributed by atoms with Crippen molar-refractivity contribution in [3.05, 3.63) is 46.6 Å². The average molecular weight is 292 g/mol. The Kier molecular flexibility index (Phi) is 4.61. The molecular formula is C13H10ClN3OS. The summed E-state index contributed by atoms with van der Waals surface area (Å²) in [6.07, 6.45) is 1.83. The first-order valence-corrected chi connectivity index (χ1v) is 7.03. The zero-order valence-electron chi connectivity index (χ0n) is 10.1. The van der Waals surface area contributed by atoms with E-state index in [4.69, 9.17) is 21.6 Å². The van der Waals surface area contributed by atoms with E-state index in [2.05, 4.69) is 9.97 Å². The highest BCUT2D eigenvalue weighted by atomic mass is 35.5. The Hall–Kier alpha value is -1.77. The molecular weight excluding hydrogens is 282 g/mol. The molecule has 1 aromatic carbocycles. The van der Waals surface area contributed by atoms with E-state index in [1.807, 2.05) is 42.7 Å². The summed E-state index contributed by atoms with van der Waals surface area (Å²) in [5, 5.41) is 9.65. The molecule has 2 aromatic rings. The van der Waals surface area contributed by atoms with Crippen molar-refractivity contribution in [1.82, 2.24) is 9.97 Å². The Morgan fingerprint density at radius 1 is 1.32 bits per heavy atom. The fourth-order valence-electron chi connectivity index (χ4n) is 1.41. The minimum absolute atomic E-state index is 0.116. The summed E-state index contributed by atoms with van der Waals surface area (Å²) in [6, 6.07) is 11.6. The Morgan fingerprint density at radius 2 is 2.05 bits per heavy atom. The van der Waals surface area contributed by atoms with Gasteiger partial charge in [0.05, 0.1) is 0 Å². The zero-order valence-corrected chi connectivity index (χ0v) is 11.7. The predicted molar refractivity (Wildman–Crippen MR) is 74.3 cm³/mol. The number of nitriles is 1. The second-order valence-corrected chi connectivity index (χ2v) is 4.70. The average Bonchev–Trinajstić information content (AvgIpc) is 2.45. The van der Waals surface area contributed by atoms with Gasteiger partial charge in [-0.2, -0.15) is 10.2 Å². The molecule has 0 amide bonds. The standard InChI is InChI=1S/C13H10ClN3OS/c1-19-13-16-11(14)10(7-15)12(17-13)18-8-9-5-3-2-4-6-9/h2-6H,8H2,1H3. The summed E-state index contributed by atoms with van der Waals surface area (Å²) in [6.45, 7) is 0.330. The van der Waals surface area contributed by atoms with Crippen molar-refractivity contribution in [3.63, 3.8) is 0 Å². The van der Waals surface area contributed by atoms with E-state index in [0.717, 1.165) is 5.56 Å². The van der Waals surface area contributed by atoms with Gasteiger partial charge in [-0.3, -0.25) is 0 Å². The van der Waals surface area contributed by atoms with E-state index in [-0.39, 0.29) is 16.6 Å². The first-order valence-electron chi connectivity index (χ1n) is 5.43. The largest absolute Gasteiger partial charge is 0.472 e. The number of thioether (sulfide) groups is 1. The van der Waals surface area contributed by atoms with Crippen LogP contribution in [0.5, 0.6) is 5.88 Å². The van der Waals surface area contributed by atoms with E-state index < -0.39 is 0 Å². The molecule has 0 bridgehead atoms. The zero-order chi connectivity index (χ0) is 13.7. The Labute approximate surface area is 120 Å². The van der Waals surface area contributed by atoms with Gasteiger partial charge in [0.2, 0.25) is 5.88 Å². The maximum absolute atomic E-state index is 9.06. The number of benzene rings is 1. The summed E-state index contributed by atoms with van der Waals surface area (Å²) in [7, 11) is 0. The van der Waals surface area contributed by atoms with Crippen LogP contribution < -0.4 is 4.74 Å². The summed E-state index contributed by atoms with van der Waals surface area (Å²) in [5.41, 5.74) is 1.15. The minimum atomic E-state index is 0.116. The summed E-state index contributed by atoms with van der Waals surface area (Å²) in [4.78, 5) is 8.15. The lowest BCUT2D eigenvalue weighted by Gasteiger charge is -2.08. The molecule has 0 aliphatic carbocycles. The number of rotatable bonds is 4. The SMILES string of the molecule is CSc1nc(Cl)c(C#N)c(OCc2ccccc2)n1. The maximum atomic E-state index is 9.06. The molecule has 0 N–H and O–H groups in total. The van der Waals surface area contributed by atoms with Crippen molar-refractivity contribution in [3.8, 4) is 11.9 Å². The second-order valence-electron chi connectivity index (χ2n) is 3.57. The number of nitrogens with zero attached hydrogens (tertiary/aromatic N) is 3. The normalized spacial score (nSPS) is 9.95. The van der Waals surface area contributed by atoms with Gasteiger partial charge in [0.1, 0.15) is 12.7 Å². The van der Waals surface area contributed by atoms with E-state index in [1.54, 1.807) is 0 Å². The van der Waals surface area contributed by atoms with Gasteiger partial charge < -0.3 is 4.74 Å². The third-order valence-electron chi connectivity index (χ3n) is 2.32. The van der Waals surface area contributed by atoms with Gasteiger partial charge in [-0.05, 0) is 11.8 Å². The van der Waals surface area contributed by atoms with Crippen LogP contribution in [0.2, 0.25) is 5.15 Å². The smallest absolute Gasteiger partial charge is 0.237 e. The highest BCUT2D eigenvalue weighted by Gasteiger charge is 2.14. The van der Waals surface area contributed by atoms with Crippen molar-refractivity contribution >= 4 is 23.4 Å². The molecule has 1 aromatic heterocycles. The van der Waals surface area contributed by atoms with Gasteiger partial charge in [-0.15, -0.1) is 0 Å². The van der Waals surface area contributed by atoms with Crippen LogP contribution in [0.15, 0.2) is 35.5 Å². The molecule has 0 atom stereocenters. The molecule has 6 heteroatoms. The van der Waals surface area contributed by atoms with Gasteiger partial charge in [-0.25, -0.2) is 4.98 Å². The van der Waals surface area contributed by atoms with Crippen LogP contribution in [0.3, 0.4) is 0 Å². The van der Waals surface area contributed by atoms with Crippen molar-refractivity contribution in [2.75, 3.05) is 6.26 Å². The molecule has 96 valence electrons. The van der Waals surface area contributed by atoms with Gasteiger partial charge >= 0.3 is 0 Å². The molecule has 0 unspecified atom stereocenters. The van der Waals surface area contributed by atoms with Gasteiger partial charge in [0.15, 0.2) is 15.9 Å². The first kappa shape index (κ1) is 13.7. The molecule has 2 rings (SSSR count). The van der Waals surface area contributed by atoms with Crippen LogP contribution in [0.1, 0.15) is 11.1 Å². The Balaban J connectivity index is 2.24. The number of hydrogen-bond acceptors (Lipinski definition) is 5. The van der Waals surface area contributed by atoms with Crippen molar-refractivity contribution in [2.24, 2.45) is 0 Å². The fraction of sp³-hybridized carbons (Fsp3) is 0.154. The highest BCUT2D eigenvalue weighted by molar-refractivity contribution is 7.98. The van der Waals surface area contributed by atoms with Crippen molar-refractivity contribution in [1.29, 1.82) is 5.26 Å². The first-order chi connectivity index (χ1) is 9.24.